The van der Waals surface area contributed by atoms with Crippen molar-refractivity contribution < 1.29 is 0 Å². The van der Waals surface area contributed by atoms with Gasteiger partial charge in [0.05, 0.1) is 5.88 Å². The number of hydrogen-bond acceptors (Lipinski definition) is 2. The van der Waals surface area contributed by atoms with Gasteiger partial charge in [-0.25, -0.2) is 0 Å². The third-order valence-electron chi connectivity index (χ3n) is 3.63. The van der Waals surface area contributed by atoms with Gasteiger partial charge in [0.15, 0.2) is 5.82 Å². The Morgan fingerprint density at radius 1 is 1.11 bits per heavy atom. The van der Waals surface area contributed by atoms with Crippen LogP contribution in [0, 0.1) is 5.92 Å². The summed E-state index contributed by atoms with van der Waals surface area (Å²) in [5.74, 6) is 3.05. The highest BCUT2D eigenvalue weighted by molar-refractivity contribution is 6.16. The summed E-state index contributed by atoms with van der Waals surface area (Å²) in [7, 11) is 0. The maximum absolute atomic E-state index is 5.96. The monoisotopic (exact) mass is 261 g/mol. The van der Waals surface area contributed by atoms with Crippen molar-refractivity contribution >= 4 is 11.6 Å². The molecule has 1 aliphatic carbocycles. The first-order valence-corrected chi connectivity index (χ1v) is 6.96. The molecule has 0 unspecified atom stereocenters. The van der Waals surface area contributed by atoms with Crippen LogP contribution >= 0.6 is 11.6 Å². The van der Waals surface area contributed by atoms with Crippen molar-refractivity contribution in [2.75, 3.05) is 0 Å². The minimum atomic E-state index is 0.395. The first-order chi connectivity index (χ1) is 8.88. The molecule has 0 N–H and O–H groups in total. The maximum atomic E-state index is 5.96. The molecule has 0 bridgehead atoms. The van der Waals surface area contributed by atoms with Crippen molar-refractivity contribution in [1.82, 2.24) is 14.8 Å². The molecule has 1 fully saturated rings. The smallest absolute Gasteiger partial charge is 0.152 e. The van der Waals surface area contributed by atoms with E-state index in [1.165, 1.54) is 19.3 Å². The van der Waals surface area contributed by atoms with Crippen LogP contribution in [0.25, 0.3) is 5.69 Å². The van der Waals surface area contributed by atoms with Gasteiger partial charge in [0.2, 0.25) is 0 Å². The summed E-state index contributed by atoms with van der Waals surface area (Å²) in [6, 6.07) is 10.2. The summed E-state index contributed by atoms with van der Waals surface area (Å²) in [4.78, 5) is 0. The fourth-order valence-electron chi connectivity index (χ4n) is 2.40. The Morgan fingerprint density at radius 3 is 2.44 bits per heavy atom. The van der Waals surface area contributed by atoms with E-state index < -0.39 is 0 Å². The van der Waals surface area contributed by atoms with E-state index in [0.29, 0.717) is 5.88 Å². The highest BCUT2D eigenvalue weighted by atomic mass is 35.5. The average Bonchev–Trinajstić information content (AvgIpc) is 2.77. The number of nitrogens with zero attached hydrogens (tertiary/aromatic N) is 3. The van der Waals surface area contributed by atoms with Gasteiger partial charge in [0.1, 0.15) is 5.82 Å². The molecule has 0 saturated heterocycles. The van der Waals surface area contributed by atoms with E-state index >= 15 is 0 Å². The molecular formula is C14H16ClN3. The third-order valence-corrected chi connectivity index (χ3v) is 3.87. The van der Waals surface area contributed by atoms with Crippen LogP contribution in [0.15, 0.2) is 30.3 Å². The van der Waals surface area contributed by atoms with Crippen LogP contribution in [0.3, 0.4) is 0 Å². The Morgan fingerprint density at radius 2 is 1.83 bits per heavy atom. The predicted octanol–water partition coefficient (Wildman–Crippen LogP) is 3.35. The van der Waals surface area contributed by atoms with Crippen LogP contribution in [-0.4, -0.2) is 14.8 Å². The molecule has 3 rings (SSSR count). The first kappa shape index (κ1) is 11.7. The molecular weight excluding hydrogens is 246 g/mol. The van der Waals surface area contributed by atoms with Gasteiger partial charge in [-0.05, 0) is 18.1 Å². The lowest BCUT2D eigenvalue weighted by Crippen LogP contribution is -2.17. The lowest BCUT2D eigenvalue weighted by Gasteiger charge is -2.24. The van der Waals surface area contributed by atoms with Gasteiger partial charge in [-0.3, -0.25) is 4.57 Å². The molecule has 1 aliphatic rings. The maximum Gasteiger partial charge on any atom is 0.152 e. The summed E-state index contributed by atoms with van der Waals surface area (Å²) < 4.78 is 2.10. The zero-order chi connectivity index (χ0) is 12.4. The molecule has 0 amide bonds. The summed E-state index contributed by atoms with van der Waals surface area (Å²) in [5.41, 5.74) is 1.10. The molecule has 1 heterocycles. The van der Waals surface area contributed by atoms with Crippen molar-refractivity contribution in [3.63, 3.8) is 0 Å². The molecule has 0 spiro atoms. The second-order valence-corrected chi connectivity index (χ2v) is 5.11. The molecule has 0 aliphatic heterocycles. The molecule has 1 aromatic carbocycles. The number of rotatable bonds is 4. The zero-order valence-electron chi connectivity index (χ0n) is 10.2. The largest absolute Gasteiger partial charge is 0.282 e. The van der Waals surface area contributed by atoms with Crippen molar-refractivity contribution in [3.05, 3.63) is 42.0 Å². The Balaban J connectivity index is 1.96. The van der Waals surface area contributed by atoms with Gasteiger partial charge in [-0.15, -0.1) is 21.8 Å². The van der Waals surface area contributed by atoms with Crippen molar-refractivity contribution in [3.8, 4) is 5.69 Å². The standard InChI is InChI=1S/C14H16ClN3/c15-10-14-17-16-13(9-11-5-4-6-11)18(14)12-7-2-1-3-8-12/h1-3,7-8,11H,4-6,9-10H2. The lowest BCUT2D eigenvalue weighted by molar-refractivity contribution is 0.308. The van der Waals surface area contributed by atoms with Gasteiger partial charge in [0, 0.05) is 12.1 Å². The Labute approximate surface area is 112 Å². The zero-order valence-corrected chi connectivity index (χ0v) is 11.0. The van der Waals surface area contributed by atoms with E-state index in [-0.39, 0.29) is 0 Å². The van der Waals surface area contributed by atoms with E-state index in [9.17, 15) is 0 Å². The molecule has 18 heavy (non-hydrogen) atoms. The van der Waals surface area contributed by atoms with Crippen LogP contribution in [0.5, 0.6) is 0 Å². The number of para-hydroxylation sites is 1. The molecule has 4 heteroatoms. The fraction of sp³-hybridized carbons (Fsp3) is 0.429. The van der Waals surface area contributed by atoms with Crippen molar-refractivity contribution in [2.45, 2.75) is 31.6 Å². The lowest BCUT2D eigenvalue weighted by atomic mass is 9.83. The molecule has 0 radical (unpaired) electrons. The van der Waals surface area contributed by atoms with Gasteiger partial charge >= 0.3 is 0 Å². The van der Waals surface area contributed by atoms with Crippen LogP contribution in [0.4, 0.5) is 0 Å². The van der Waals surface area contributed by atoms with Gasteiger partial charge in [0.25, 0.3) is 0 Å². The summed E-state index contributed by atoms with van der Waals surface area (Å²) >= 11 is 5.96. The van der Waals surface area contributed by atoms with E-state index in [2.05, 4.69) is 26.9 Å². The van der Waals surface area contributed by atoms with E-state index in [1.54, 1.807) is 0 Å². The predicted molar refractivity (Wildman–Crippen MR) is 72.0 cm³/mol. The molecule has 3 nitrogen and oxygen atoms in total. The highest BCUT2D eigenvalue weighted by Crippen LogP contribution is 2.30. The van der Waals surface area contributed by atoms with Crippen molar-refractivity contribution in [1.29, 1.82) is 0 Å². The van der Waals surface area contributed by atoms with E-state index in [1.807, 2.05) is 18.2 Å². The van der Waals surface area contributed by atoms with E-state index in [4.69, 9.17) is 11.6 Å². The van der Waals surface area contributed by atoms with Gasteiger partial charge in [-0.2, -0.15) is 0 Å². The Hall–Kier alpha value is -1.35. The minimum absolute atomic E-state index is 0.395. The molecule has 1 saturated carbocycles. The van der Waals surface area contributed by atoms with Crippen LogP contribution in [0.1, 0.15) is 30.9 Å². The normalized spacial score (nSPS) is 15.6. The van der Waals surface area contributed by atoms with Gasteiger partial charge < -0.3 is 0 Å². The van der Waals surface area contributed by atoms with Crippen LogP contribution in [0.2, 0.25) is 0 Å². The summed E-state index contributed by atoms with van der Waals surface area (Å²) in [6.07, 6.45) is 5.00. The number of alkyl halides is 1. The van der Waals surface area contributed by atoms with Gasteiger partial charge in [-0.1, -0.05) is 37.5 Å². The Bertz CT molecular complexity index is 517. The SMILES string of the molecule is ClCc1nnc(CC2CCC2)n1-c1ccccc1. The number of halogens is 1. The second-order valence-electron chi connectivity index (χ2n) is 4.84. The average molecular weight is 262 g/mol. The third kappa shape index (κ3) is 2.15. The topological polar surface area (TPSA) is 30.7 Å². The van der Waals surface area contributed by atoms with Crippen LogP contribution in [-0.2, 0) is 12.3 Å². The molecule has 0 atom stereocenters. The van der Waals surface area contributed by atoms with Crippen LogP contribution < -0.4 is 0 Å². The number of benzene rings is 1. The fourth-order valence-corrected chi connectivity index (χ4v) is 2.58. The van der Waals surface area contributed by atoms with E-state index in [0.717, 1.165) is 29.7 Å². The summed E-state index contributed by atoms with van der Waals surface area (Å²) in [6.45, 7) is 0. The second kappa shape index (κ2) is 5.11. The quantitative estimate of drug-likeness (QED) is 0.791. The van der Waals surface area contributed by atoms with Crippen molar-refractivity contribution in [2.24, 2.45) is 5.92 Å². The molecule has 94 valence electrons. The summed E-state index contributed by atoms with van der Waals surface area (Å²) in [5, 5.41) is 8.52. The number of hydrogen-bond donors (Lipinski definition) is 0. The number of aromatic nitrogens is 3. The molecule has 1 aromatic heterocycles. The Kier molecular flexibility index (Phi) is 3.33. The highest BCUT2D eigenvalue weighted by Gasteiger charge is 2.22. The first-order valence-electron chi connectivity index (χ1n) is 6.43. The molecule has 2 aromatic rings. The minimum Gasteiger partial charge on any atom is -0.282 e.